The second-order valence-corrected chi connectivity index (χ2v) is 6.54. The quantitative estimate of drug-likeness (QED) is 0.561. The summed E-state index contributed by atoms with van der Waals surface area (Å²) < 4.78 is 0. The third-order valence-corrected chi connectivity index (χ3v) is 4.72. The van der Waals surface area contributed by atoms with Crippen molar-refractivity contribution < 1.29 is 5.11 Å². The number of hydrogen-bond acceptors (Lipinski definition) is 5. The van der Waals surface area contributed by atoms with Crippen LogP contribution in [0, 0.1) is 13.8 Å². The van der Waals surface area contributed by atoms with Crippen LogP contribution in [-0.2, 0) is 0 Å². The Labute approximate surface area is 157 Å². The van der Waals surface area contributed by atoms with Crippen LogP contribution in [0.25, 0.3) is 10.9 Å². The van der Waals surface area contributed by atoms with Crippen molar-refractivity contribution in [2.24, 2.45) is 0 Å². The Morgan fingerprint density at radius 3 is 2.63 bits per heavy atom. The smallest absolute Gasteiger partial charge is 0.147 e. The number of anilines is 1. The number of hydrogen-bond donors (Lipinski definition) is 2. The summed E-state index contributed by atoms with van der Waals surface area (Å²) in [5.41, 5.74) is 4.28. The van der Waals surface area contributed by atoms with Crippen molar-refractivity contribution in [3.05, 3.63) is 89.5 Å². The summed E-state index contributed by atoms with van der Waals surface area (Å²) in [5, 5.41) is 15.4. The van der Waals surface area contributed by atoms with Crippen molar-refractivity contribution in [1.82, 2.24) is 15.0 Å². The third-order valence-electron chi connectivity index (χ3n) is 4.72. The fraction of sp³-hybridized carbons (Fsp3) is 0.136. The average Bonchev–Trinajstić information content (AvgIpc) is 2.70. The molecule has 1 aromatic carbocycles. The number of pyridine rings is 3. The van der Waals surface area contributed by atoms with E-state index in [2.05, 4.69) is 20.3 Å². The third kappa shape index (κ3) is 3.31. The Bertz CT molecular complexity index is 1080. The number of nitrogens with zero attached hydrogens (tertiary/aromatic N) is 3. The summed E-state index contributed by atoms with van der Waals surface area (Å²) in [7, 11) is 0. The van der Waals surface area contributed by atoms with E-state index in [4.69, 9.17) is 0 Å². The highest BCUT2D eigenvalue weighted by atomic mass is 16.3. The molecule has 1 unspecified atom stereocenters. The number of phenolic OH excluding ortho intramolecular Hbond substituents is 1. The second-order valence-electron chi connectivity index (χ2n) is 6.54. The van der Waals surface area contributed by atoms with Crippen LogP contribution in [0.4, 0.5) is 5.82 Å². The molecule has 0 bridgehead atoms. The molecule has 4 rings (SSSR count). The fourth-order valence-corrected chi connectivity index (χ4v) is 3.15. The van der Waals surface area contributed by atoms with Gasteiger partial charge in [0.2, 0.25) is 0 Å². The lowest BCUT2D eigenvalue weighted by Crippen LogP contribution is -2.14. The minimum absolute atomic E-state index is 0.174. The lowest BCUT2D eigenvalue weighted by atomic mass is 9.97. The minimum Gasteiger partial charge on any atom is -0.505 e. The Balaban J connectivity index is 1.87. The molecule has 3 heterocycles. The summed E-state index contributed by atoms with van der Waals surface area (Å²) in [6.45, 7) is 3.97. The molecular weight excluding hydrogens is 336 g/mol. The standard InChI is InChI=1S/C22H20N4O/c1-14-12-16-8-9-18(22(27)21(16)25-15(14)2)20(17-6-5-10-23-13-17)26-19-7-3-4-11-24-19/h3-13,20,27H,1-2H3,(H,24,26). The molecule has 0 radical (unpaired) electrons. The van der Waals surface area contributed by atoms with E-state index in [1.165, 1.54) is 0 Å². The van der Waals surface area contributed by atoms with Crippen molar-refractivity contribution in [1.29, 1.82) is 0 Å². The van der Waals surface area contributed by atoms with Crippen molar-refractivity contribution >= 4 is 16.7 Å². The van der Waals surface area contributed by atoms with Crippen molar-refractivity contribution in [3.8, 4) is 5.75 Å². The summed E-state index contributed by atoms with van der Waals surface area (Å²) in [6, 6.07) is 15.2. The van der Waals surface area contributed by atoms with Gasteiger partial charge >= 0.3 is 0 Å². The molecule has 0 spiro atoms. The maximum absolute atomic E-state index is 11.0. The Hall–Kier alpha value is -3.47. The second kappa shape index (κ2) is 7.03. The zero-order valence-electron chi connectivity index (χ0n) is 15.2. The van der Waals surface area contributed by atoms with E-state index in [1.54, 1.807) is 18.6 Å². The first-order chi connectivity index (χ1) is 13.1. The van der Waals surface area contributed by atoms with E-state index >= 15 is 0 Å². The highest BCUT2D eigenvalue weighted by molar-refractivity contribution is 5.87. The Kier molecular flexibility index (Phi) is 4.42. The largest absolute Gasteiger partial charge is 0.505 e. The molecule has 0 saturated carbocycles. The highest BCUT2D eigenvalue weighted by Gasteiger charge is 2.21. The first-order valence-electron chi connectivity index (χ1n) is 8.81. The number of fused-ring (bicyclic) bond motifs is 1. The fourth-order valence-electron chi connectivity index (χ4n) is 3.15. The van der Waals surface area contributed by atoms with Crippen molar-refractivity contribution in [2.45, 2.75) is 19.9 Å². The first kappa shape index (κ1) is 17.0. The van der Waals surface area contributed by atoms with E-state index in [9.17, 15) is 5.11 Å². The number of benzene rings is 1. The molecule has 5 nitrogen and oxygen atoms in total. The number of phenols is 1. The van der Waals surface area contributed by atoms with Gasteiger partial charge in [0.05, 0.1) is 6.04 Å². The number of rotatable bonds is 4. The summed E-state index contributed by atoms with van der Waals surface area (Å²) in [4.78, 5) is 13.2. The van der Waals surface area contributed by atoms with Crippen LogP contribution >= 0.6 is 0 Å². The minimum atomic E-state index is -0.304. The van der Waals surface area contributed by atoms with Gasteiger partial charge < -0.3 is 10.4 Å². The molecule has 0 aliphatic rings. The zero-order valence-corrected chi connectivity index (χ0v) is 15.2. The molecule has 2 N–H and O–H groups in total. The number of aromatic nitrogens is 3. The summed E-state index contributed by atoms with van der Waals surface area (Å²) in [5.74, 6) is 0.895. The number of aromatic hydroxyl groups is 1. The van der Waals surface area contributed by atoms with Crippen LogP contribution < -0.4 is 5.32 Å². The van der Waals surface area contributed by atoms with Gasteiger partial charge in [0.25, 0.3) is 0 Å². The van der Waals surface area contributed by atoms with Gasteiger partial charge in [0, 0.05) is 35.2 Å². The van der Waals surface area contributed by atoms with Crippen LogP contribution in [0.2, 0.25) is 0 Å². The first-order valence-corrected chi connectivity index (χ1v) is 8.81. The summed E-state index contributed by atoms with van der Waals surface area (Å²) >= 11 is 0. The normalized spacial score (nSPS) is 12.1. The molecule has 0 aliphatic carbocycles. The molecule has 1 atom stereocenters. The number of nitrogens with one attached hydrogen (secondary N) is 1. The molecule has 5 heteroatoms. The predicted octanol–water partition coefficient (Wildman–Crippen LogP) is 4.55. The van der Waals surface area contributed by atoms with Gasteiger partial charge in [-0.25, -0.2) is 9.97 Å². The Morgan fingerprint density at radius 1 is 1.00 bits per heavy atom. The highest BCUT2D eigenvalue weighted by Crippen LogP contribution is 2.36. The Morgan fingerprint density at radius 2 is 1.89 bits per heavy atom. The van der Waals surface area contributed by atoms with Gasteiger partial charge in [-0.2, -0.15) is 0 Å². The van der Waals surface area contributed by atoms with Crippen LogP contribution in [0.1, 0.15) is 28.4 Å². The molecule has 0 fully saturated rings. The summed E-state index contributed by atoms with van der Waals surface area (Å²) in [6.07, 6.45) is 5.25. The van der Waals surface area contributed by atoms with Crippen molar-refractivity contribution in [3.63, 3.8) is 0 Å². The molecular formula is C22H20N4O. The lowest BCUT2D eigenvalue weighted by molar-refractivity contribution is 0.471. The molecule has 134 valence electrons. The average molecular weight is 356 g/mol. The molecule has 27 heavy (non-hydrogen) atoms. The predicted molar refractivity (Wildman–Crippen MR) is 107 cm³/mol. The van der Waals surface area contributed by atoms with Crippen LogP contribution in [0.3, 0.4) is 0 Å². The van der Waals surface area contributed by atoms with Crippen molar-refractivity contribution in [2.75, 3.05) is 5.32 Å². The van der Waals surface area contributed by atoms with E-state index in [1.807, 2.05) is 62.4 Å². The van der Waals surface area contributed by atoms with Gasteiger partial charge in [-0.05, 0) is 49.2 Å². The van der Waals surface area contributed by atoms with Gasteiger partial charge in [-0.3, -0.25) is 4.98 Å². The van der Waals surface area contributed by atoms with Gasteiger partial charge in [-0.1, -0.05) is 24.3 Å². The monoisotopic (exact) mass is 356 g/mol. The zero-order chi connectivity index (χ0) is 18.8. The molecule has 0 aliphatic heterocycles. The maximum Gasteiger partial charge on any atom is 0.147 e. The maximum atomic E-state index is 11.0. The number of aryl methyl sites for hydroxylation is 2. The SMILES string of the molecule is Cc1cc2ccc(C(Nc3ccccn3)c3cccnc3)c(O)c2nc1C. The van der Waals surface area contributed by atoms with E-state index in [0.717, 1.165) is 33.6 Å². The molecule has 0 amide bonds. The molecule has 4 aromatic rings. The van der Waals surface area contributed by atoms with Gasteiger partial charge in [0.15, 0.2) is 0 Å². The molecule has 3 aromatic heterocycles. The van der Waals surface area contributed by atoms with Gasteiger partial charge in [0.1, 0.15) is 17.1 Å². The van der Waals surface area contributed by atoms with Crippen LogP contribution in [-0.4, -0.2) is 20.1 Å². The van der Waals surface area contributed by atoms with Crippen LogP contribution in [0.5, 0.6) is 5.75 Å². The van der Waals surface area contributed by atoms with Gasteiger partial charge in [-0.15, -0.1) is 0 Å². The van der Waals surface area contributed by atoms with E-state index in [0.29, 0.717) is 5.52 Å². The lowest BCUT2D eigenvalue weighted by Gasteiger charge is -2.21. The molecule has 0 saturated heterocycles. The van der Waals surface area contributed by atoms with Crippen LogP contribution in [0.15, 0.2) is 67.1 Å². The van der Waals surface area contributed by atoms with E-state index < -0.39 is 0 Å². The van der Waals surface area contributed by atoms with E-state index in [-0.39, 0.29) is 11.8 Å². The topological polar surface area (TPSA) is 70.9 Å².